The molecule has 3 N–H and O–H groups in total. The van der Waals surface area contributed by atoms with Crippen molar-refractivity contribution in [2.45, 2.75) is 35.6 Å². The maximum Gasteiger partial charge on any atom is 0.240 e. The fraction of sp³-hybridized carbons (Fsp3) is 0.500. The molecule has 21 heavy (non-hydrogen) atoms. The number of sulfonamides is 2. The molecule has 0 saturated heterocycles. The molecule has 0 bridgehead atoms. The van der Waals surface area contributed by atoms with Gasteiger partial charge in [-0.15, -0.1) is 0 Å². The van der Waals surface area contributed by atoms with Crippen molar-refractivity contribution in [3.63, 3.8) is 0 Å². The second-order valence-electron chi connectivity index (χ2n) is 4.42. The van der Waals surface area contributed by atoms with Crippen LogP contribution in [0.3, 0.4) is 0 Å². The normalized spacial score (nSPS) is 14.0. The van der Waals surface area contributed by atoms with Gasteiger partial charge in [0, 0.05) is 12.6 Å². The second kappa shape index (κ2) is 7.32. The molecule has 9 heteroatoms. The van der Waals surface area contributed by atoms with Crippen LogP contribution in [-0.2, 0) is 20.0 Å². The lowest BCUT2D eigenvalue weighted by atomic mass is 10.2. The first-order chi connectivity index (χ1) is 9.76. The van der Waals surface area contributed by atoms with Crippen LogP contribution in [0.1, 0.15) is 19.8 Å². The summed E-state index contributed by atoms with van der Waals surface area (Å²) in [5.41, 5.74) is 0. The molecule has 1 rings (SSSR count). The molecule has 0 aliphatic carbocycles. The van der Waals surface area contributed by atoms with Gasteiger partial charge in [-0.25, -0.2) is 26.3 Å². The molecule has 0 aromatic heterocycles. The number of aliphatic hydroxyl groups excluding tert-OH is 1. The fourth-order valence-electron chi connectivity index (χ4n) is 1.71. The third kappa shape index (κ3) is 4.75. The number of rotatable bonds is 8. The standard InChI is InChI=1S/C12H20N2O5S2/c1-3-10(8-9-15)14-21(18,19)12-6-4-11(5-7-12)20(16,17)13-2/h4-7,10,13-15H,3,8-9H2,1-2H3. The van der Waals surface area contributed by atoms with Crippen LogP contribution >= 0.6 is 0 Å². The van der Waals surface area contributed by atoms with E-state index in [4.69, 9.17) is 5.11 Å². The molecule has 1 unspecified atom stereocenters. The van der Waals surface area contributed by atoms with Crippen LogP contribution in [0.15, 0.2) is 34.1 Å². The second-order valence-corrected chi connectivity index (χ2v) is 8.02. The average molecular weight is 336 g/mol. The number of hydrogen-bond acceptors (Lipinski definition) is 5. The van der Waals surface area contributed by atoms with Gasteiger partial charge in [0.2, 0.25) is 20.0 Å². The van der Waals surface area contributed by atoms with Crippen molar-refractivity contribution in [2.24, 2.45) is 0 Å². The van der Waals surface area contributed by atoms with E-state index in [1.54, 1.807) is 0 Å². The summed E-state index contributed by atoms with van der Waals surface area (Å²) in [6.07, 6.45) is 0.869. The van der Waals surface area contributed by atoms with E-state index in [0.717, 1.165) is 0 Å². The highest BCUT2D eigenvalue weighted by Gasteiger charge is 2.20. The zero-order chi connectivity index (χ0) is 16.1. The minimum Gasteiger partial charge on any atom is -0.396 e. The topological polar surface area (TPSA) is 113 Å². The maximum atomic E-state index is 12.1. The van der Waals surface area contributed by atoms with Crippen LogP contribution in [0.25, 0.3) is 0 Å². The summed E-state index contributed by atoms with van der Waals surface area (Å²) in [7, 11) is -6.05. The molecule has 0 radical (unpaired) electrons. The van der Waals surface area contributed by atoms with Gasteiger partial charge in [0.1, 0.15) is 0 Å². The molecule has 1 aromatic carbocycles. The molecule has 1 aromatic rings. The zero-order valence-electron chi connectivity index (χ0n) is 11.9. The Kier molecular flexibility index (Phi) is 6.29. The van der Waals surface area contributed by atoms with Crippen molar-refractivity contribution < 1.29 is 21.9 Å². The highest BCUT2D eigenvalue weighted by Crippen LogP contribution is 2.15. The van der Waals surface area contributed by atoms with Gasteiger partial charge in [0.05, 0.1) is 9.79 Å². The third-order valence-electron chi connectivity index (χ3n) is 3.01. The molecule has 120 valence electrons. The van der Waals surface area contributed by atoms with Gasteiger partial charge < -0.3 is 5.11 Å². The van der Waals surface area contributed by atoms with Gasteiger partial charge in [-0.1, -0.05) is 6.92 Å². The van der Waals surface area contributed by atoms with Crippen molar-refractivity contribution in [3.05, 3.63) is 24.3 Å². The molecule has 0 spiro atoms. The molecule has 0 amide bonds. The van der Waals surface area contributed by atoms with E-state index in [0.29, 0.717) is 12.8 Å². The first-order valence-electron chi connectivity index (χ1n) is 6.43. The van der Waals surface area contributed by atoms with Crippen molar-refractivity contribution in [1.82, 2.24) is 9.44 Å². The lowest BCUT2D eigenvalue weighted by Crippen LogP contribution is -2.35. The predicted octanol–water partition coefficient (Wildman–Crippen LogP) is 0.0340. The average Bonchev–Trinajstić information content (AvgIpc) is 2.46. The van der Waals surface area contributed by atoms with Crippen LogP contribution in [0.2, 0.25) is 0 Å². The van der Waals surface area contributed by atoms with Crippen LogP contribution in [0.4, 0.5) is 0 Å². The molecule has 7 nitrogen and oxygen atoms in total. The van der Waals surface area contributed by atoms with E-state index in [1.807, 2.05) is 6.92 Å². The van der Waals surface area contributed by atoms with Gasteiger partial charge in [0.15, 0.2) is 0 Å². The van der Waals surface area contributed by atoms with Crippen LogP contribution in [0, 0.1) is 0 Å². The summed E-state index contributed by atoms with van der Waals surface area (Å²) in [5, 5.41) is 8.88. The SMILES string of the molecule is CCC(CCO)NS(=O)(=O)c1ccc(S(=O)(=O)NC)cc1. The van der Waals surface area contributed by atoms with Gasteiger partial charge in [-0.2, -0.15) is 0 Å². The smallest absolute Gasteiger partial charge is 0.240 e. The van der Waals surface area contributed by atoms with E-state index >= 15 is 0 Å². The van der Waals surface area contributed by atoms with E-state index in [1.165, 1.54) is 31.3 Å². The minimum absolute atomic E-state index is 0.00801. The maximum absolute atomic E-state index is 12.1. The number of benzene rings is 1. The quantitative estimate of drug-likeness (QED) is 0.620. The molecular formula is C12H20N2O5S2. The largest absolute Gasteiger partial charge is 0.396 e. The monoisotopic (exact) mass is 336 g/mol. The predicted molar refractivity (Wildman–Crippen MR) is 78.8 cm³/mol. The first kappa shape index (κ1) is 18.1. The van der Waals surface area contributed by atoms with Crippen molar-refractivity contribution in [3.8, 4) is 0 Å². The highest BCUT2D eigenvalue weighted by atomic mass is 32.2. The molecular weight excluding hydrogens is 316 g/mol. The summed E-state index contributed by atoms with van der Waals surface area (Å²) in [6, 6.07) is 4.57. The minimum atomic E-state index is -3.74. The van der Waals surface area contributed by atoms with Gasteiger partial charge >= 0.3 is 0 Å². The molecule has 1 atom stereocenters. The molecule has 0 fully saturated rings. The Labute approximate surface area is 125 Å². The summed E-state index contributed by atoms with van der Waals surface area (Å²) in [6.45, 7) is 1.70. The van der Waals surface area contributed by atoms with E-state index < -0.39 is 20.0 Å². The summed E-state index contributed by atoms with van der Waals surface area (Å²) in [4.78, 5) is -0.0275. The van der Waals surface area contributed by atoms with Gasteiger partial charge in [0.25, 0.3) is 0 Å². The lowest BCUT2D eigenvalue weighted by Gasteiger charge is -2.16. The Morgan fingerprint density at radius 1 is 1.05 bits per heavy atom. The summed E-state index contributed by atoms with van der Waals surface area (Å²) >= 11 is 0. The Morgan fingerprint density at radius 2 is 1.52 bits per heavy atom. The van der Waals surface area contributed by atoms with E-state index in [-0.39, 0.29) is 22.4 Å². The molecule has 0 saturated carbocycles. The number of nitrogens with one attached hydrogen (secondary N) is 2. The van der Waals surface area contributed by atoms with Crippen LogP contribution in [-0.4, -0.2) is 41.6 Å². The molecule has 0 aliphatic heterocycles. The Hall–Kier alpha value is -1.00. The molecule has 0 aliphatic rings. The van der Waals surface area contributed by atoms with Crippen molar-refractivity contribution in [2.75, 3.05) is 13.7 Å². The Morgan fingerprint density at radius 3 is 1.90 bits per heavy atom. The third-order valence-corrected chi connectivity index (χ3v) is 5.97. The van der Waals surface area contributed by atoms with Crippen molar-refractivity contribution in [1.29, 1.82) is 0 Å². The first-order valence-corrected chi connectivity index (χ1v) is 9.40. The molecule has 0 heterocycles. The van der Waals surface area contributed by atoms with Gasteiger partial charge in [-0.05, 0) is 44.2 Å². The summed E-state index contributed by atoms with van der Waals surface area (Å²) in [5.74, 6) is 0. The Balaban J connectivity index is 3.00. The van der Waals surface area contributed by atoms with E-state index in [9.17, 15) is 16.8 Å². The number of hydrogen-bond donors (Lipinski definition) is 3. The highest BCUT2D eigenvalue weighted by molar-refractivity contribution is 7.90. The summed E-state index contributed by atoms with van der Waals surface area (Å²) < 4.78 is 52.1. The van der Waals surface area contributed by atoms with Crippen molar-refractivity contribution >= 4 is 20.0 Å². The Bertz CT molecular complexity index is 653. The zero-order valence-corrected chi connectivity index (χ0v) is 13.5. The number of aliphatic hydroxyl groups is 1. The van der Waals surface area contributed by atoms with Gasteiger partial charge in [-0.3, -0.25) is 0 Å². The van der Waals surface area contributed by atoms with Crippen LogP contribution < -0.4 is 9.44 Å². The van der Waals surface area contributed by atoms with E-state index in [2.05, 4.69) is 9.44 Å². The lowest BCUT2D eigenvalue weighted by molar-refractivity contribution is 0.270. The van der Waals surface area contributed by atoms with Crippen LogP contribution in [0.5, 0.6) is 0 Å². The fourth-order valence-corrected chi connectivity index (χ4v) is 3.79.